The maximum absolute atomic E-state index is 11.4. The molecule has 0 aliphatic carbocycles. The van der Waals surface area contributed by atoms with Crippen molar-refractivity contribution in [2.45, 2.75) is 4.90 Å². The molecule has 6 heteroatoms. The summed E-state index contributed by atoms with van der Waals surface area (Å²) in [6, 6.07) is 13.0. The van der Waals surface area contributed by atoms with Crippen LogP contribution >= 0.6 is 10.8 Å². The first-order chi connectivity index (χ1) is 10.2. The van der Waals surface area contributed by atoms with Crippen molar-refractivity contribution in [3.05, 3.63) is 42.5 Å². The number of benzene rings is 2. The smallest absolute Gasteiger partial charge is 0.205 e. The average Bonchev–Trinajstić information content (AvgIpc) is 2.48. The topological polar surface area (TPSA) is 44.8 Å². The van der Waals surface area contributed by atoms with Gasteiger partial charge in [-0.25, -0.2) is 4.21 Å². The SMILES string of the molecule is COc1c(Oc2ccccc2)ccc(SS(C)=O)c1OC. The lowest BCUT2D eigenvalue weighted by Crippen LogP contribution is -1.96. The molecule has 1 unspecified atom stereocenters. The zero-order chi connectivity index (χ0) is 15.2. The highest BCUT2D eigenvalue weighted by Crippen LogP contribution is 2.45. The Morgan fingerprint density at radius 1 is 0.952 bits per heavy atom. The van der Waals surface area contributed by atoms with E-state index in [4.69, 9.17) is 14.2 Å². The van der Waals surface area contributed by atoms with Crippen molar-refractivity contribution >= 4 is 20.6 Å². The molecule has 21 heavy (non-hydrogen) atoms. The van der Waals surface area contributed by atoms with Crippen molar-refractivity contribution in [2.75, 3.05) is 20.5 Å². The summed E-state index contributed by atoms with van der Waals surface area (Å²) in [5, 5.41) is 0. The lowest BCUT2D eigenvalue weighted by atomic mass is 10.3. The van der Waals surface area contributed by atoms with Gasteiger partial charge < -0.3 is 14.2 Å². The van der Waals surface area contributed by atoms with Crippen molar-refractivity contribution < 1.29 is 18.4 Å². The molecule has 0 aliphatic heterocycles. The number of para-hydroxylation sites is 1. The molecule has 112 valence electrons. The molecule has 0 radical (unpaired) electrons. The fourth-order valence-corrected chi connectivity index (χ4v) is 3.58. The minimum Gasteiger partial charge on any atom is -0.492 e. The Kier molecular flexibility index (Phi) is 5.52. The summed E-state index contributed by atoms with van der Waals surface area (Å²) < 4.78 is 28.0. The summed E-state index contributed by atoms with van der Waals surface area (Å²) in [5.74, 6) is 2.26. The van der Waals surface area contributed by atoms with Crippen LogP contribution in [-0.2, 0) is 9.83 Å². The molecule has 0 fully saturated rings. The molecular formula is C15H16O4S2. The van der Waals surface area contributed by atoms with Crippen LogP contribution in [-0.4, -0.2) is 24.7 Å². The standard InChI is InChI=1S/C15H16O4S2/c1-17-14-12(19-11-7-5-4-6-8-11)9-10-13(15(14)18-2)20-21(3)16/h4-10H,1-3H3. The third-order valence-corrected chi connectivity index (χ3v) is 4.60. The predicted octanol–water partition coefficient (Wildman–Crippen LogP) is 3.88. The van der Waals surface area contributed by atoms with E-state index in [0.29, 0.717) is 23.0 Å². The van der Waals surface area contributed by atoms with Gasteiger partial charge in [0.15, 0.2) is 11.5 Å². The highest BCUT2D eigenvalue weighted by molar-refractivity contribution is 8.69. The van der Waals surface area contributed by atoms with Gasteiger partial charge in [-0.1, -0.05) is 18.2 Å². The monoisotopic (exact) mass is 324 g/mol. The largest absolute Gasteiger partial charge is 0.492 e. The summed E-state index contributed by atoms with van der Waals surface area (Å²) in [6.07, 6.45) is 1.62. The van der Waals surface area contributed by atoms with Crippen molar-refractivity contribution in [1.29, 1.82) is 0 Å². The van der Waals surface area contributed by atoms with Gasteiger partial charge in [0.1, 0.15) is 5.75 Å². The Bertz CT molecular complexity index is 629. The minimum atomic E-state index is -1.04. The number of rotatable bonds is 6. The van der Waals surface area contributed by atoms with Gasteiger partial charge in [-0.2, -0.15) is 0 Å². The summed E-state index contributed by atoms with van der Waals surface area (Å²) in [6.45, 7) is 0. The molecule has 0 saturated heterocycles. The van der Waals surface area contributed by atoms with Crippen LogP contribution in [0.1, 0.15) is 0 Å². The number of ether oxygens (including phenoxy) is 3. The number of hydrogen-bond donors (Lipinski definition) is 0. The predicted molar refractivity (Wildman–Crippen MR) is 86.0 cm³/mol. The zero-order valence-electron chi connectivity index (χ0n) is 12.0. The van der Waals surface area contributed by atoms with Gasteiger partial charge in [0.05, 0.1) is 28.9 Å². The van der Waals surface area contributed by atoms with Crippen LogP contribution in [0.5, 0.6) is 23.0 Å². The second kappa shape index (κ2) is 7.38. The molecule has 0 heterocycles. The van der Waals surface area contributed by atoms with Gasteiger partial charge in [0.25, 0.3) is 0 Å². The van der Waals surface area contributed by atoms with E-state index in [1.54, 1.807) is 26.5 Å². The van der Waals surface area contributed by atoms with E-state index in [2.05, 4.69) is 0 Å². The Labute approximate surface area is 130 Å². The Morgan fingerprint density at radius 3 is 2.19 bits per heavy atom. The Hall–Kier alpha value is -1.66. The molecule has 0 saturated carbocycles. The normalized spacial score (nSPS) is 11.8. The molecule has 4 nitrogen and oxygen atoms in total. The van der Waals surface area contributed by atoms with Crippen LogP contribution < -0.4 is 14.2 Å². The summed E-state index contributed by atoms with van der Waals surface area (Å²) in [4.78, 5) is 0.746. The molecule has 0 bridgehead atoms. The summed E-state index contributed by atoms with van der Waals surface area (Å²) >= 11 is 0. The molecule has 0 spiro atoms. The van der Waals surface area contributed by atoms with E-state index in [1.165, 1.54) is 10.8 Å². The quantitative estimate of drug-likeness (QED) is 0.755. The van der Waals surface area contributed by atoms with Crippen LogP contribution in [0.25, 0.3) is 0 Å². The van der Waals surface area contributed by atoms with Crippen LogP contribution in [0.15, 0.2) is 47.4 Å². The van der Waals surface area contributed by atoms with Gasteiger partial charge >= 0.3 is 0 Å². The average molecular weight is 324 g/mol. The van der Waals surface area contributed by atoms with Crippen molar-refractivity contribution in [3.8, 4) is 23.0 Å². The van der Waals surface area contributed by atoms with Crippen LogP contribution in [0, 0.1) is 0 Å². The fraction of sp³-hybridized carbons (Fsp3) is 0.200. The van der Waals surface area contributed by atoms with E-state index in [-0.39, 0.29) is 0 Å². The summed E-state index contributed by atoms with van der Waals surface area (Å²) in [5.41, 5.74) is 0. The molecule has 2 rings (SSSR count). The van der Waals surface area contributed by atoms with E-state index in [9.17, 15) is 4.21 Å². The molecule has 0 aliphatic rings. The van der Waals surface area contributed by atoms with Gasteiger partial charge in [-0.05, 0) is 35.1 Å². The van der Waals surface area contributed by atoms with E-state index in [0.717, 1.165) is 4.90 Å². The zero-order valence-corrected chi connectivity index (χ0v) is 13.6. The Balaban J connectivity index is 2.40. The Morgan fingerprint density at radius 2 is 1.62 bits per heavy atom. The molecule has 1 atom stereocenters. The third-order valence-electron chi connectivity index (χ3n) is 2.63. The van der Waals surface area contributed by atoms with Gasteiger partial charge in [0.2, 0.25) is 5.75 Å². The van der Waals surface area contributed by atoms with Crippen molar-refractivity contribution in [3.63, 3.8) is 0 Å². The lowest BCUT2D eigenvalue weighted by Gasteiger charge is -2.16. The van der Waals surface area contributed by atoms with Crippen molar-refractivity contribution in [1.82, 2.24) is 0 Å². The van der Waals surface area contributed by atoms with E-state index in [1.807, 2.05) is 36.4 Å². The second-order valence-electron chi connectivity index (χ2n) is 4.03. The van der Waals surface area contributed by atoms with Crippen LogP contribution in [0.4, 0.5) is 0 Å². The number of methoxy groups -OCH3 is 2. The highest BCUT2D eigenvalue weighted by atomic mass is 33.1. The van der Waals surface area contributed by atoms with E-state index >= 15 is 0 Å². The maximum atomic E-state index is 11.4. The maximum Gasteiger partial charge on any atom is 0.205 e. The van der Waals surface area contributed by atoms with Crippen molar-refractivity contribution in [2.24, 2.45) is 0 Å². The first kappa shape index (κ1) is 15.7. The summed E-state index contributed by atoms with van der Waals surface area (Å²) in [7, 11) is 3.26. The van der Waals surface area contributed by atoms with Crippen LogP contribution in [0.2, 0.25) is 0 Å². The fourth-order valence-electron chi connectivity index (χ4n) is 1.80. The highest BCUT2D eigenvalue weighted by Gasteiger charge is 2.18. The first-order valence-electron chi connectivity index (χ1n) is 6.15. The minimum absolute atomic E-state index is 0.483. The first-order valence-corrected chi connectivity index (χ1v) is 9.04. The number of hydrogen-bond acceptors (Lipinski definition) is 5. The molecule has 0 aromatic heterocycles. The third kappa shape index (κ3) is 3.92. The van der Waals surface area contributed by atoms with Gasteiger partial charge in [0, 0.05) is 6.26 Å². The van der Waals surface area contributed by atoms with Gasteiger partial charge in [-0.15, -0.1) is 0 Å². The molecule has 2 aromatic carbocycles. The van der Waals surface area contributed by atoms with Crippen LogP contribution in [0.3, 0.4) is 0 Å². The molecule has 0 amide bonds. The van der Waals surface area contributed by atoms with E-state index < -0.39 is 9.83 Å². The molecule has 2 aromatic rings. The molecular weight excluding hydrogens is 308 g/mol. The van der Waals surface area contributed by atoms with Gasteiger partial charge in [-0.3, -0.25) is 0 Å². The lowest BCUT2D eigenvalue weighted by molar-refractivity contribution is 0.330. The molecule has 0 N–H and O–H groups in total. The second-order valence-corrected chi connectivity index (χ2v) is 7.35.